The maximum absolute atomic E-state index is 12.1. The summed E-state index contributed by atoms with van der Waals surface area (Å²) < 4.78 is 36.3. The first-order valence-corrected chi connectivity index (χ1v) is 12.1. The summed E-state index contributed by atoms with van der Waals surface area (Å²) in [4.78, 5) is 28.0. The molecule has 0 fully saturated rings. The Bertz CT molecular complexity index is 1700. The summed E-state index contributed by atoms with van der Waals surface area (Å²) in [6, 6.07) is 11.5. The predicted octanol–water partition coefficient (Wildman–Crippen LogP) is 3.27. The zero-order chi connectivity index (χ0) is 24.7. The van der Waals surface area contributed by atoms with Crippen molar-refractivity contribution in [2.45, 2.75) is 11.9 Å². The number of aromatic hydroxyl groups is 1. The van der Waals surface area contributed by atoms with Crippen LogP contribution in [0.1, 0.15) is 6.92 Å². The third-order valence-corrected chi connectivity index (χ3v) is 6.99. The van der Waals surface area contributed by atoms with Gasteiger partial charge in [-0.2, -0.15) is 0 Å². The van der Waals surface area contributed by atoms with E-state index in [1.807, 2.05) is 6.07 Å². The molecule has 35 heavy (non-hydrogen) atoms. The molecule has 0 aliphatic rings. The fraction of sp³-hybridized carbons (Fsp3) is 0.130. The van der Waals surface area contributed by atoms with Crippen LogP contribution in [-0.2, 0) is 16.9 Å². The van der Waals surface area contributed by atoms with Crippen LogP contribution in [0.25, 0.3) is 33.9 Å². The van der Waals surface area contributed by atoms with Crippen LogP contribution in [0.5, 0.6) is 17.4 Å². The van der Waals surface area contributed by atoms with Crippen molar-refractivity contribution in [3.63, 3.8) is 0 Å². The van der Waals surface area contributed by atoms with E-state index in [4.69, 9.17) is 9.15 Å². The number of aromatic amines is 1. The summed E-state index contributed by atoms with van der Waals surface area (Å²) in [6.07, 6.45) is 2.93. The highest BCUT2D eigenvalue weighted by Gasteiger charge is 2.22. The van der Waals surface area contributed by atoms with Crippen molar-refractivity contribution in [3.8, 4) is 40.2 Å². The van der Waals surface area contributed by atoms with Gasteiger partial charge in [0.15, 0.2) is 20.7 Å². The number of ether oxygens (including phenoxy) is 1. The van der Waals surface area contributed by atoms with E-state index >= 15 is 0 Å². The van der Waals surface area contributed by atoms with E-state index in [0.29, 0.717) is 22.6 Å². The Morgan fingerprint density at radius 1 is 1.17 bits per heavy atom. The van der Waals surface area contributed by atoms with Gasteiger partial charge in [0.05, 0.1) is 28.5 Å². The molecule has 4 aromatic heterocycles. The average Bonchev–Trinajstić information content (AvgIpc) is 3.40. The molecule has 2 N–H and O–H groups in total. The van der Waals surface area contributed by atoms with Crippen molar-refractivity contribution in [3.05, 3.63) is 65.4 Å². The Morgan fingerprint density at radius 2 is 2.00 bits per heavy atom. The smallest absolute Gasteiger partial charge is 0.422 e. The van der Waals surface area contributed by atoms with Gasteiger partial charge in [-0.25, -0.2) is 27.7 Å². The summed E-state index contributed by atoms with van der Waals surface area (Å²) in [7, 11) is -2.10. The van der Waals surface area contributed by atoms with Crippen LogP contribution in [0.4, 0.5) is 0 Å². The van der Waals surface area contributed by atoms with Crippen molar-refractivity contribution in [1.29, 1.82) is 0 Å². The van der Waals surface area contributed by atoms with Gasteiger partial charge < -0.3 is 19.2 Å². The van der Waals surface area contributed by atoms with E-state index in [1.54, 1.807) is 30.5 Å². The van der Waals surface area contributed by atoms with Crippen molar-refractivity contribution in [1.82, 2.24) is 24.5 Å². The number of imidazole rings is 1. The first kappa shape index (κ1) is 22.3. The van der Waals surface area contributed by atoms with Gasteiger partial charge in [0.25, 0.3) is 0 Å². The third kappa shape index (κ3) is 4.04. The summed E-state index contributed by atoms with van der Waals surface area (Å²) in [5.41, 5.74) is 2.01. The molecular formula is C23H19N5O6S. The molecule has 0 bridgehead atoms. The van der Waals surface area contributed by atoms with Gasteiger partial charge in [0.1, 0.15) is 17.2 Å². The Morgan fingerprint density at radius 3 is 2.63 bits per heavy atom. The maximum atomic E-state index is 12.1. The van der Waals surface area contributed by atoms with Gasteiger partial charge in [-0.1, -0.05) is 13.0 Å². The van der Waals surface area contributed by atoms with Crippen molar-refractivity contribution < 1.29 is 22.7 Å². The van der Waals surface area contributed by atoms with E-state index in [-0.39, 0.29) is 39.5 Å². The van der Waals surface area contributed by atoms with Crippen LogP contribution in [0.3, 0.4) is 0 Å². The molecule has 12 heteroatoms. The van der Waals surface area contributed by atoms with Crippen LogP contribution in [0.2, 0.25) is 0 Å². The van der Waals surface area contributed by atoms with Gasteiger partial charge >= 0.3 is 5.76 Å². The Hall–Kier alpha value is -4.45. The van der Waals surface area contributed by atoms with Gasteiger partial charge in [-0.15, -0.1) is 0 Å². The molecule has 0 aliphatic carbocycles. The van der Waals surface area contributed by atoms with Gasteiger partial charge in [0.2, 0.25) is 11.6 Å². The number of fused-ring (bicyclic) bond motifs is 1. The number of aromatic nitrogens is 5. The molecule has 0 amide bonds. The number of benzene rings is 1. The number of nitrogens with zero attached hydrogens (tertiary/aromatic N) is 4. The molecule has 0 saturated carbocycles. The number of hydrogen-bond donors (Lipinski definition) is 2. The normalized spacial score (nSPS) is 11.7. The number of hydrogen-bond acceptors (Lipinski definition) is 9. The van der Waals surface area contributed by atoms with Crippen LogP contribution < -0.4 is 10.5 Å². The molecule has 0 unspecified atom stereocenters. The molecule has 5 aromatic rings. The summed E-state index contributed by atoms with van der Waals surface area (Å²) in [5.74, 6) is -0.359. The lowest BCUT2D eigenvalue weighted by Gasteiger charge is -2.10. The first-order chi connectivity index (χ1) is 16.8. The lowest BCUT2D eigenvalue weighted by molar-refractivity contribution is 0.430. The largest absolute Gasteiger partial charge is 0.492 e. The number of pyridine rings is 2. The molecule has 4 heterocycles. The lowest BCUT2D eigenvalue weighted by Crippen LogP contribution is -2.07. The van der Waals surface area contributed by atoms with Crippen molar-refractivity contribution in [2.24, 2.45) is 7.05 Å². The molecule has 0 saturated heterocycles. The van der Waals surface area contributed by atoms with Crippen molar-refractivity contribution in [2.75, 3.05) is 5.75 Å². The SMILES string of the molecule is CCS(=O)(=O)c1ccc(Oc2cc3nc(-c4ccccn4)[nH]c3cc2-c2oc(=O)n(C)c2O)cn1. The first-order valence-electron chi connectivity index (χ1n) is 10.5. The van der Waals surface area contributed by atoms with E-state index < -0.39 is 15.6 Å². The van der Waals surface area contributed by atoms with Crippen LogP contribution in [0, 0.1) is 0 Å². The molecule has 0 spiro atoms. The monoisotopic (exact) mass is 493 g/mol. The molecule has 178 valence electrons. The molecular weight excluding hydrogens is 474 g/mol. The minimum atomic E-state index is -3.47. The summed E-state index contributed by atoms with van der Waals surface area (Å²) in [5, 5.41) is 10.4. The van der Waals surface area contributed by atoms with Gasteiger partial charge in [0, 0.05) is 19.3 Å². The van der Waals surface area contributed by atoms with Gasteiger partial charge in [-0.3, -0.25) is 4.98 Å². The second-order valence-corrected chi connectivity index (χ2v) is 9.81. The second kappa shape index (κ2) is 8.40. The minimum Gasteiger partial charge on any atom is -0.492 e. The Balaban J connectivity index is 1.64. The molecule has 0 aliphatic heterocycles. The lowest BCUT2D eigenvalue weighted by atomic mass is 10.1. The molecule has 0 atom stereocenters. The van der Waals surface area contributed by atoms with E-state index in [0.717, 1.165) is 4.57 Å². The molecule has 1 aromatic carbocycles. The Labute approximate surface area is 198 Å². The standard InChI is InChI=1S/C23H19N5O6S/c1-3-35(31,32)19-8-7-13(12-25-19)33-18-11-17-16(26-21(27-17)15-6-4-5-9-24-15)10-14(18)20-22(29)28(2)23(30)34-20/h4-12,29H,3H2,1-2H3,(H,26,27). The fourth-order valence-corrected chi connectivity index (χ4v) is 4.21. The zero-order valence-corrected chi connectivity index (χ0v) is 19.4. The number of sulfone groups is 1. The maximum Gasteiger partial charge on any atom is 0.422 e. The molecule has 5 rings (SSSR count). The van der Waals surface area contributed by atoms with Crippen LogP contribution >= 0.6 is 0 Å². The quantitative estimate of drug-likeness (QED) is 0.363. The number of H-pyrrole nitrogens is 1. The van der Waals surface area contributed by atoms with Crippen LogP contribution in [0.15, 0.2) is 69.1 Å². The fourth-order valence-electron chi connectivity index (χ4n) is 3.43. The van der Waals surface area contributed by atoms with E-state index in [1.165, 1.54) is 32.3 Å². The van der Waals surface area contributed by atoms with Gasteiger partial charge in [-0.05, 0) is 30.3 Å². The second-order valence-electron chi connectivity index (χ2n) is 7.58. The molecule has 0 radical (unpaired) electrons. The minimum absolute atomic E-state index is 0.0676. The highest BCUT2D eigenvalue weighted by atomic mass is 32.2. The zero-order valence-electron chi connectivity index (χ0n) is 18.6. The third-order valence-electron chi connectivity index (χ3n) is 5.36. The average molecular weight is 494 g/mol. The topological polar surface area (TPSA) is 153 Å². The van der Waals surface area contributed by atoms with Crippen molar-refractivity contribution >= 4 is 20.9 Å². The Kier molecular flexibility index (Phi) is 5.36. The number of nitrogens with one attached hydrogen (secondary N) is 1. The summed E-state index contributed by atoms with van der Waals surface area (Å²) >= 11 is 0. The highest BCUT2D eigenvalue weighted by Crippen LogP contribution is 2.40. The molecule has 11 nitrogen and oxygen atoms in total. The van der Waals surface area contributed by atoms with E-state index in [2.05, 4.69) is 19.9 Å². The number of rotatable bonds is 6. The van der Waals surface area contributed by atoms with E-state index in [9.17, 15) is 18.3 Å². The highest BCUT2D eigenvalue weighted by molar-refractivity contribution is 7.91. The number of oxazole rings is 1. The predicted molar refractivity (Wildman–Crippen MR) is 126 cm³/mol. The van der Waals surface area contributed by atoms with Crippen LogP contribution in [-0.4, -0.2) is 43.8 Å². The summed E-state index contributed by atoms with van der Waals surface area (Å²) in [6.45, 7) is 1.53.